The number of sulfonamides is 1. The molecule has 0 amide bonds. The molecule has 33 heavy (non-hydrogen) atoms. The summed E-state index contributed by atoms with van der Waals surface area (Å²) in [5.74, 6) is -1.42. The molecule has 174 valence electrons. The third-order valence-corrected chi connectivity index (χ3v) is 7.57. The second kappa shape index (κ2) is 9.34. The van der Waals surface area contributed by atoms with Crippen LogP contribution in [0.15, 0.2) is 64.7 Å². The van der Waals surface area contributed by atoms with Gasteiger partial charge in [-0.05, 0) is 41.8 Å². The number of fused-ring (bicyclic) bond motifs is 1. The summed E-state index contributed by atoms with van der Waals surface area (Å²) in [6.07, 6.45) is 0.655. The number of hydrogen-bond acceptors (Lipinski definition) is 8. The minimum Gasteiger partial charge on any atom is -0.466 e. The highest BCUT2D eigenvalue weighted by atomic mass is 32.2. The number of benzene rings is 2. The molecule has 0 saturated carbocycles. The van der Waals surface area contributed by atoms with Gasteiger partial charge >= 0.3 is 11.9 Å². The Morgan fingerprint density at radius 2 is 1.61 bits per heavy atom. The zero-order valence-corrected chi connectivity index (χ0v) is 19.1. The van der Waals surface area contributed by atoms with Crippen molar-refractivity contribution in [2.75, 3.05) is 39.0 Å². The fraction of sp³-hybridized carbons (Fsp3) is 0.304. The summed E-state index contributed by atoms with van der Waals surface area (Å²) in [4.78, 5) is 26.2. The van der Waals surface area contributed by atoms with Crippen LogP contribution in [0.3, 0.4) is 0 Å². The highest BCUT2D eigenvalue weighted by Crippen LogP contribution is 2.30. The van der Waals surface area contributed by atoms with E-state index in [0.717, 1.165) is 11.1 Å². The van der Waals surface area contributed by atoms with Gasteiger partial charge in [-0.2, -0.15) is 4.31 Å². The van der Waals surface area contributed by atoms with Crippen LogP contribution in [0.1, 0.15) is 11.1 Å². The van der Waals surface area contributed by atoms with E-state index in [0.29, 0.717) is 25.2 Å². The lowest BCUT2D eigenvalue weighted by Crippen LogP contribution is -2.39. The minimum absolute atomic E-state index is 0.00107. The van der Waals surface area contributed by atoms with Gasteiger partial charge in [0, 0.05) is 18.8 Å². The normalized spacial score (nSPS) is 16.8. The molecule has 0 saturated heterocycles. The van der Waals surface area contributed by atoms with Crippen molar-refractivity contribution in [2.24, 2.45) is 0 Å². The molecule has 2 aliphatic rings. The summed E-state index contributed by atoms with van der Waals surface area (Å²) in [6.45, 7) is 0.604. The Labute approximate surface area is 192 Å². The molecule has 0 unspecified atom stereocenters. The van der Waals surface area contributed by atoms with Gasteiger partial charge in [0.2, 0.25) is 10.0 Å². The Bertz CT molecular complexity index is 1210. The predicted octanol–water partition coefficient (Wildman–Crippen LogP) is 1.83. The molecular formula is C23H24N2O7S. The Balaban J connectivity index is 1.62. The molecule has 0 bridgehead atoms. The van der Waals surface area contributed by atoms with E-state index in [1.54, 1.807) is 12.1 Å². The topological polar surface area (TPSA) is 102 Å². The van der Waals surface area contributed by atoms with Gasteiger partial charge in [0.1, 0.15) is 12.4 Å². The molecule has 0 radical (unpaired) electrons. The fourth-order valence-electron chi connectivity index (χ4n) is 3.97. The molecule has 2 heterocycles. The van der Waals surface area contributed by atoms with Crippen LogP contribution < -0.4 is 4.90 Å². The van der Waals surface area contributed by atoms with Crippen molar-refractivity contribution in [3.63, 3.8) is 0 Å². The van der Waals surface area contributed by atoms with Gasteiger partial charge in [0.25, 0.3) is 0 Å². The smallest absolute Gasteiger partial charge is 0.355 e. The van der Waals surface area contributed by atoms with Crippen molar-refractivity contribution in [1.29, 1.82) is 0 Å². The maximum atomic E-state index is 13.2. The maximum absolute atomic E-state index is 13.2. The first-order chi connectivity index (χ1) is 15.9. The molecule has 2 aliphatic heterocycles. The van der Waals surface area contributed by atoms with Gasteiger partial charge in [-0.25, -0.2) is 18.0 Å². The minimum atomic E-state index is -3.71. The van der Waals surface area contributed by atoms with Gasteiger partial charge < -0.3 is 19.1 Å². The van der Waals surface area contributed by atoms with Crippen LogP contribution in [0.25, 0.3) is 0 Å². The lowest BCUT2D eigenvalue weighted by molar-refractivity contribution is -0.140. The summed E-state index contributed by atoms with van der Waals surface area (Å²) < 4.78 is 43.0. The third-order valence-electron chi connectivity index (χ3n) is 5.71. The summed E-state index contributed by atoms with van der Waals surface area (Å²) in [7, 11) is -1.29. The van der Waals surface area contributed by atoms with Gasteiger partial charge in [-0.15, -0.1) is 0 Å². The second-order valence-corrected chi connectivity index (χ2v) is 9.51. The molecule has 10 heteroatoms. The zero-order valence-electron chi connectivity index (χ0n) is 18.3. The van der Waals surface area contributed by atoms with Crippen molar-refractivity contribution >= 4 is 27.6 Å². The molecule has 0 N–H and O–H groups in total. The van der Waals surface area contributed by atoms with Crippen molar-refractivity contribution in [1.82, 2.24) is 4.31 Å². The SMILES string of the molecule is COC(=O)C1=C(C(=O)OC)N(c2ccc(S(=O)(=O)N3CCc4ccccc4C3)cc2)COC1. The van der Waals surface area contributed by atoms with E-state index in [-0.39, 0.29) is 29.5 Å². The number of carbonyl (C=O) groups excluding carboxylic acids is 2. The van der Waals surface area contributed by atoms with Gasteiger partial charge in [0.15, 0.2) is 0 Å². The number of esters is 2. The first-order valence-corrected chi connectivity index (χ1v) is 11.7. The predicted molar refractivity (Wildman–Crippen MR) is 119 cm³/mol. The summed E-state index contributed by atoms with van der Waals surface area (Å²) in [5.41, 5.74) is 2.66. The lowest BCUT2D eigenvalue weighted by atomic mass is 10.0. The molecular weight excluding hydrogens is 448 g/mol. The van der Waals surface area contributed by atoms with Gasteiger partial charge in [0.05, 0.1) is 31.3 Å². The number of carbonyl (C=O) groups is 2. The van der Waals surface area contributed by atoms with Crippen molar-refractivity contribution in [3.05, 3.63) is 70.9 Å². The molecule has 0 spiro atoms. The second-order valence-electron chi connectivity index (χ2n) is 7.57. The number of rotatable bonds is 5. The molecule has 0 fully saturated rings. The van der Waals surface area contributed by atoms with E-state index in [2.05, 4.69) is 0 Å². The van der Waals surface area contributed by atoms with Crippen LogP contribution in [0.5, 0.6) is 0 Å². The van der Waals surface area contributed by atoms with Crippen LogP contribution in [0.2, 0.25) is 0 Å². The van der Waals surface area contributed by atoms with E-state index >= 15 is 0 Å². The van der Waals surface area contributed by atoms with Crippen LogP contribution in [0, 0.1) is 0 Å². The first-order valence-electron chi connectivity index (χ1n) is 10.3. The van der Waals surface area contributed by atoms with E-state index in [9.17, 15) is 18.0 Å². The molecule has 2 aromatic carbocycles. The molecule has 9 nitrogen and oxygen atoms in total. The number of methoxy groups -OCH3 is 2. The number of ether oxygens (including phenoxy) is 3. The van der Waals surface area contributed by atoms with Crippen LogP contribution >= 0.6 is 0 Å². The van der Waals surface area contributed by atoms with Gasteiger partial charge in [-0.1, -0.05) is 24.3 Å². The number of hydrogen-bond donors (Lipinski definition) is 0. The van der Waals surface area contributed by atoms with Crippen molar-refractivity contribution in [2.45, 2.75) is 17.9 Å². The van der Waals surface area contributed by atoms with Crippen LogP contribution in [-0.2, 0) is 46.8 Å². The highest BCUT2D eigenvalue weighted by Gasteiger charge is 2.33. The summed E-state index contributed by atoms with van der Waals surface area (Å²) in [6, 6.07) is 13.9. The third kappa shape index (κ3) is 4.37. The quantitative estimate of drug-likeness (QED) is 0.608. The van der Waals surface area contributed by atoms with Crippen molar-refractivity contribution < 1.29 is 32.2 Å². The monoisotopic (exact) mass is 472 g/mol. The van der Waals surface area contributed by atoms with Crippen LogP contribution in [0.4, 0.5) is 5.69 Å². The van der Waals surface area contributed by atoms with Crippen LogP contribution in [-0.4, -0.2) is 58.8 Å². The average Bonchev–Trinajstić information content (AvgIpc) is 2.87. The fourth-order valence-corrected chi connectivity index (χ4v) is 5.39. The maximum Gasteiger partial charge on any atom is 0.355 e. The Kier molecular flexibility index (Phi) is 6.50. The number of anilines is 1. The molecule has 4 rings (SSSR count). The Morgan fingerprint density at radius 3 is 2.27 bits per heavy atom. The summed E-state index contributed by atoms with van der Waals surface area (Å²) >= 11 is 0. The molecule has 0 atom stereocenters. The molecule has 2 aromatic rings. The molecule has 0 aliphatic carbocycles. The van der Waals surface area contributed by atoms with Crippen molar-refractivity contribution in [3.8, 4) is 0 Å². The average molecular weight is 473 g/mol. The number of nitrogens with zero attached hydrogens (tertiary/aromatic N) is 2. The zero-order chi connectivity index (χ0) is 23.6. The lowest BCUT2D eigenvalue weighted by Gasteiger charge is -2.31. The Morgan fingerprint density at radius 1 is 0.939 bits per heavy atom. The van der Waals surface area contributed by atoms with E-state index in [4.69, 9.17) is 14.2 Å². The summed E-state index contributed by atoms with van der Waals surface area (Å²) in [5, 5.41) is 0. The largest absolute Gasteiger partial charge is 0.466 e. The van der Waals surface area contributed by atoms with Gasteiger partial charge in [-0.3, -0.25) is 0 Å². The first kappa shape index (κ1) is 23.0. The molecule has 0 aromatic heterocycles. The Hall–Kier alpha value is -3.21. The highest BCUT2D eigenvalue weighted by molar-refractivity contribution is 7.89. The van der Waals surface area contributed by atoms with E-state index in [1.807, 2.05) is 24.3 Å². The van der Waals surface area contributed by atoms with E-state index < -0.39 is 22.0 Å². The standard InChI is InChI=1S/C23H24N2O7S/c1-30-22(26)20-14-32-15-25(21(20)23(27)31-2)18-7-9-19(10-8-18)33(28,29)24-12-11-16-5-3-4-6-17(16)13-24/h3-10H,11-15H2,1-2H3. The van der Waals surface area contributed by atoms with E-state index in [1.165, 1.54) is 35.6 Å².